The van der Waals surface area contributed by atoms with Gasteiger partial charge < -0.3 is 19.7 Å². The number of methoxy groups -OCH3 is 2. The molecule has 0 saturated carbocycles. The molecule has 0 spiro atoms. The SMILES string of the molecule is COc1ccc(NC2CCCN(C(C)C)CC2)c(OC)c1. The molecular formula is C17H28N2O2. The Morgan fingerprint density at radius 2 is 1.95 bits per heavy atom. The lowest BCUT2D eigenvalue weighted by molar-refractivity contribution is 0.230. The first-order valence-electron chi connectivity index (χ1n) is 7.86. The van der Waals surface area contributed by atoms with Gasteiger partial charge in [0.25, 0.3) is 0 Å². The van der Waals surface area contributed by atoms with Crippen LogP contribution in [0.4, 0.5) is 5.69 Å². The lowest BCUT2D eigenvalue weighted by Gasteiger charge is -2.24. The molecular weight excluding hydrogens is 264 g/mol. The molecule has 1 saturated heterocycles. The summed E-state index contributed by atoms with van der Waals surface area (Å²) in [6.45, 7) is 6.92. The number of hydrogen-bond donors (Lipinski definition) is 1. The van der Waals surface area contributed by atoms with Gasteiger partial charge in [-0.1, -0.05) is 0 Å². The standard InChI is InChI=1S/C17H28N2O2/c1-13(2)19-10-5-6-14(9-11-19)18-16-8-7-15(20-3)12-17(16)21-4/h7-8,12-14,18H,5-6,9-11H2,1-4H3. The molecule has 4 heteroatoms. The van der Waals surface area contributed by atoms with Gasteiger partial charge in [0.1, 0.15) is 11.5 Å². The van der Waals surface area contributed by atoms with Crippen molar-refractivity contribution in [2.45, 2.75) is 45.2 Å². The highest BCUT2D eigenvalue weighted by Gasteiger charge is 2.19. The molecule has 0 bridgehead atoms. The minimum absolute atomic E-state index is 0.510. The molecule has 1 fully saturated rings. The van der Waals surface area contributed by atoms with Crippen molar-refractivity contribution in [3.05, 3.63) is 18.2 Å². The van der Waals surface area contributed by atoms with Crippen LogP contribution in [-0.2, 0) is 0 Å². The van der Waals surface area contributed by atoms with E-state index in [1.54, 1.807) is 14.2 Å². The Balaban J connectivity index is 2.01. The van der Waals surface area contributed by atoms with Gasteiger partial charge in [0.2, 0.25) is 0 Å². The minimum atomic E-state index is 0.510. The topological polar surface area (TPSA) is 33.7 Å². The molecule has 2 rings (SSSR count). The van der Waals surface area contributed by atoms with Crippen molar-refractivity contribution >= 4 is 5.69 Å². The van der Waals surface area contributed by atoms with Crippen molar-refractivity contribution in [3.8, 4) is 11.5 Å². The van der Waals surface area contributed by atoms with Crippen molar-refractivity contribution in [1.82, 2.24) is 4.90 Å². The maximum atomic E-state index is 5.47. The van der Waals surface area contributed by atoms with Gasteiger partial charge in [-0.3, -0.25) is 0 Å². The Hall–Kier alpha value is -1.42. The summed E-state index contributed by atoms with van der Waals surface area (Å²) in [6, 6.07) is 7.10. The number of hydrogen-bond acceptors (Lipinski definition) is 4. The highest BCUT2D eigenvalue weighted by molar-refractivity contribution is 5.59. The summed E-state index contributed by atoms with van der Waals surface area (Å²) in [6.07, 6.45) is 3.63. The van der Waals surface area contributed by atoms with Gasteiger partial charge in [-0.05, 0) is 51.8 Å². The van der Waals surface area contributed by atoms with Gasteiger partial charge in [0, 0.05) is 24.7 Å². The summed E-state index contributed by atoms with van der Waals surface area (Å²) < 4.78 is 10.7. The molecule has 1 N–H and O–H groups in total. The maximum absolute atomic E-state index is 5.47. The van der Waals surface area contributed by atoms with Gasteiger partial charge in [-0.15, -0.1) is 0 Å². The summed E-state index contributed by atoms with van der Waals surface area (Å²) in [5, 5.41) is 3.64. The predicted molar refractivity (Wildman–Crippen MR) is 87.5 cm³/mol. The van der Waals surface area contributed by atoms with Crippen LogP contribution in [0.5, 0.6) is 11.5 Å². The zero-order chi connectivity index (χ0) is 15.2. The number of anilines is 1. The molecule has 21 heavy (non-hydrogen) atoms. The Morgan fingerprint density at radius 1 is 1.14 bits per heavy atom. The Kier molecular flexibility index (Phi) is 5.74. The van der Waals surface area contributed by atoms with Crippen LogP contribution in [0.25, 0.3) is 0 Å². The maximum Gasteiger partial charge on any atom is 0.145 e. The van der Waals surface area contributed by atoms with E-state index < -0.39 is 0 Å². The molecule has 0 aromatic heterocycles. The molecule has 0 amide bonds. The number of nitrogens with zero attached hydrogens (tertiary/aromatic N) is 1. The molecule has 1 heterocycles. The predicted octanol–water partition coefficient (Wildman–Crippen LogP) is 3.38. The van der Waals surface area contributed by atoms with Crippen LogP contribution < -0.4 is 14.8 Å². The third kappa shape index (κ3) is 4.27. The van der Waals surface area contributed by atoms with Gasteiger partial charge >= 0.3 is 0 Å². The number of benzene rings is 1. The van der Waals surface area contributed by atoms with Crippen LogP contribution in [0.15, 0.2) is 18.2 Å². The van der Waals surface area contributed by atoms with Crippen molar-refractivity contribution in [1.29, 1.82) is 0 Å². The van der Waals surface area contributed by atoms with E-state index in [-0.39, 0.29) is 0 Å². The van der Waals surface area contributed by atoms with E-state index in [2.05, 4.69) is 24.1 Å². The summed E-state index contributed by atoms with van der Waals surface area (Å²) >= 11 is 0. The number of ether oxygens (including phenoxy) is 2. The Labute approximate surface area is 128 Å². The second-order valence-corrected chi connectivity index (χ2v) is 5.97. The zero-order valence-electron chi connectivity index (χ0n) is 13.7. The third-order valence-electron chi connectivity index (χ3n) is 4.26. The quantitative estimate of drug-likeness (QED) is 0.902. The number of nitrogens with one attached hydrogen (secondary N) is 1. The molecule has 1 atom stereocenters. The van der Waals surface area contributed by atoms with E-state index in [1.807, 2.05) is 18.2 Å². The number of rotatable bonds is 5. The Morgan fingerprint density at radius 3 is 2.62 bits per heavy atom. The lowest BCUT2D eigenvalue weighted by Crippen LogP contribution is -2.32. The first kappa shape index (κ1) is 16.0. The average molecular weight is 292 g/mol. The van der Waals surface area contributed by atoms with Gasteiger partial charge in [-0.2, -0.15) is 0 Å². The smallest absolute Gasteiger partial charge is 0.145 e. The third-order valence-corrected chi connectivity index (χ3v) is 4.26. The monoisotopic (exact) mass is 292 g/mol. The number of likely N-dealkylation sites (tertiary alicyclic amines) is 1. The molecule has 1 aromatic rings. The average Bonchev–Trinajstić information content (AvgIpc) is 2.73. The largest absolute Gasteiger partial charge is 0.497 e. The highest BCUT2D eigenvalue weighted by atomic mass is 16.5. The summed E-state index contributed by atoms with van der Waals surface area (Å²) in [5.41, 5.74) is 1.06. The lowest BCUT2D eigenvalue weighted by atomic mass is 10.1. The fourth-order valence-electron chi connectivity index (χ4n) is 2.92. The van der Waals surface area contributed by atoms with E-state index >= 15 is 0 Å². The second-order valence-electron chi connectivity index (χ2n) is 5.97. The summed E-state index contributed by atoms with van der Waals surface area (Å²) in [7, 11) is 3.38. The van der Waals surface area contributed by atoms with Crippen LogP contribution in [0.2, 0.25) is 0 Å². The summed E-state index contributed by atoms with van der Waals surface area (Å²) in [5.74, 6) is 1.67. The molecule has 118 valence electrons. The van der Waals surface area contributed by atoms with Crippen LogP contribution in [0.3, 0.4) is 0 Å². The first-order valence-corrected chi connectivity index (χ1v) is 7.86. The molecule has 0 radical (unpaired) electrons. The van der Waals surface area contributed by atoms with Crippen molar-refractivity contribution in [2.24, 2.45) is 0 Å². The minimum Gasteiger partial charge on any atom is -0.497 e. The van der Waals surface area contributed by atoms with Crippen LogP contribution in [-0.4, -0.2) is 44.3 Å². The molecule has 1 unspecified atom stereocenters. The van der Waals surface area contributed by atoms with E-state index in [0.717, 1.165) is 23.7 Å². The van der Waals surface area contributed by atoms with Crippen LogP contribution >= 0.6 is 0 Å². The normalized spacial score (nSPS) is 20.1. The van der Waals surface area contributed by atoms with E-state index in [1.165, 1.54) is 25.8 Å². The van der Waals surface area contributed by atoms with Crippen molar-refractivity contribution < 1.29 is 9.47 Å². The fourth-order valence-corrected chi connectivity index (χ4v) is 2.92. The van der Waals surface area contributed by atoms with Crippen LogP contribution in [0, 0.1) is 0 Å². The molecule has 1 aromatic carbocycles. The Bertz CT molecular complexity index is 448. The second kappa shape index (κ2) is 7.55. The molecule has 4 nitrogen and oxygen atoms in total. The zero-order valence-corrected chi connectivity index (χ0v) is 13.7. The first-order chi connectivity index (χ1) is 10.1. The molecule has 0 aliphatic carbocycles. The van der Waals surface area contributed by atoms with Crippen LogP contribution in [0.1, 0.15) is 33.1 Å². The molecule has 1 aliphatic heterocycles. The fraction of sp³-hybridized carbons (Fsp3) is 0.647. The van der Waals surface area contributed by atoms with Gasteiger partial charge in [-0.25, -0.2) is 0 Å². The highest BCUT2D eigenvalue weighted by Crippen LogP contribution is 2.30. The van der Waals surface area contributed by atoms with Crippen molar-refractivity contribution in [2.75, 3.05) is 32.6 Å². The van der Waals surface area contributed by atoms with Gasteiger partial charge in [0.05, 0.1) is 19.9 Å². The van der Waals surface area contributed by atoms with E-state index in [9.17, 15) is 0 Å². The van der Waals surface area contributed by atoms with Crippen molar-refractivity contribution in [3.63, 3.8) is 0 Å². The van der Waals surface area contributed by atoms with Gasteiger partial charge in [0.15, 0.2) is 0 Å². The summed E-state index contributed by atoms with van der Waals surface area (Å²) in [4.78, 5) is 2.56. The van der Waals surface area contributed by atoms with E-state index in [0.29, 0.717) is 12.1 Å². The van der Waals surface area contributed by atoms with E-state index in [4.69, 9.17) is 9.47 Å². The molecule has 1 aliphatic rings.